The third kappa shape index (κ3) is 3.73. The number of rotatable bonds is 4. The van der Waals surface area contributed by atoms with Crippen molar-refractivity contribution < 1.29 is 22.4 Å². The number of allylic oxidation sites excluding steroid dienone is 4. The summed E-state index contributed by atoms with van der Waals surface area (Å²) in [5.74, 6) is -0.661. The molecule has 0 radical (unpaired) electrons. The van der Waals surface area contributed by atoms with E-state index in [4.69, 9.17) is 4.42 Å². The second-order valence-corrected chi connectivity index (χ2v) is 8.74. The zero-order valence-electron chi connectivity index (χ0n) is 17.1. The minimum Gasteiger partial charge on any atom is -0.415 e. The smallest absolute Gasteiger partial charge is 0.413 e. The predicted octanol–water partition coefficient (Wildman–Crippen LogP) is 4.47. The van der Waals surface area contributed by atoms with Gasteiger partial charge in [-0.1, -0.05) is 19.9 Å². The zero-order chi connectivity index (χ0) is 21.7. The van der Waals surface area contributed by atoms with Crippen LogP contribution in [0.1, 0.15) is 50.3 Å². The molecule has 0 saturated carbocycles. The number of nitrogens with zero attached hydrogens (tertiary/aromatic N) is 4. The van der Waals surface area contributed by atoms with Gasteiger partial charge in [0.1, 0.15) is 6.29 Å². The number of hydrogen-bond acceptors (Lipinski definition) is 5. The highest BCUT2D eigenvalue weighted by atomic mass is 19.4. The molecule has 0 saturated heterocycles. The van der Waals surface area contributed by atoms with Crippen molar-refractivity contribution in [2.75, 3.05) is 0 Å². The summed E-state index contributed by atoms with van der Waals surface area (Å²) in [6.07, 6.45) is 1.22. The Morgan fingerprint density at radius 2 is 2.03 bits per heavy atom. The van der Waals surface area contributed by atoms with Crippen molar-refractivity contribution >= 4 is 11.9 Å². The van der Waals surface area contributed by atoms with Crippen molar-refractivity contribution in [2.45, 2.75) is 52.1 Å². The van der Waals surface area contributed by atoms with Crippen LogP contribution in [0.3, 0.4) is 0 Å². The Balaban J connectivity index is 1.66. The van der Waals surface area contributed by atoms with Gasteiger partial charge in [0.2, 0.25) is 5.89 Å². The van der Waals surface area contributed by atoms with E-state index in [0.717, 1.165) is 36.6 Å². The normalized spacial score (nSPS) is 21.1. The summed E-state index contributed by atoms with van der Waals surface area (Å²) in [6, 6.07) is 0. The number of aromatic nitrogens is 4. The molecule has 160 valence electrons. The number of alkyl halides is 3. The van der Waals surface area contributed by atoms with E-state index >= 15 is 0 Å². The molecule has 2 aromatic rings. The van der Waals surface area contributed by atoms with Gasteiger partial charge in [0, 0.05) is 35.9 Å². The second kappa shape index (κ2) is 7.21. The van der Waals surface area contributed by atoms with Crippen LogP contribution in [0.4, 0.5) is 13.2 Å². The summed E-state index contributed by atoms with van der Waals surface area (Å²) in [5.41, 5.74) is 2.42. The van der Waals surface area contributed by atoms with E-state index in [-0.39, 0.29) is 35.6 Å². The van der Waals surface area contributed by atoms with Crippen molar-refractivity contribution in [3.8, 4) is 11.6 Å². The molecular weight excluding hydrogens is 397 g/mol. The summed E-state index contributed by atoms with van der Waals surface area (Å²) in [4.78, 5) is 10.8. The van der Waals surface area contributed by atoms with Gasteiger partial charge in [-0.2, -0.15) is 18.3 Å². The van der Waals surface area contributed by atoms with Crippen LogP contribution in [-0.2, 0) is 24.7 Å². The van der Waals surface area contributed by atoms with E-state index in [2.05, 4.69) is 29.1 Å². The van der Waals surface area contributed by atoms with Gasteiger partial charge in [-0.3, -0.25) is 4.68 Å². The van der Waals surface area contributed by atoms with E-state index in [9.17, 15) is 18.0 Å². The van der Waals surface area contributed by atoms with E-state index in [1.165, 1.54) is 0 Å². The average Bonchev–Trinajstić information content (AvgIpc) is 3.26. The molecule has 1 atom stereocenters. The van der Waals surface area contributed by atoms with Crippen LogP contribution in [0, 0.1) is 11.3 Å². The van der Waals surface area contributed by atoms with Crippen LogP contribution in [0.25, 0.3) is 17.2 Å². The van der Waals surface area contributed by atoms with Gasteiger partial charge in [0.25, 0.3) is 5.89 Å². The van der Waals surface area contributed by atoms with Crippen molar-refractivity contribution in [1.29, 1.82) is 0 Å². The first-order valence-corrected chi connectivity index (χ1v) is 9.90. The largest absolute Gasteiger partial charge is 0.415 e. The van der Waals surface area contributed by atoms with E-state index in [1.54, 1.807) is 6.08 Å². The highest BCUT2D eigenvalue weighted by Gasteiger charge is 2.40. The Kier molecular flexibility index (Phi) is 4.94. The number of halogens is 3. The minimum absolute atomic E-state index is 0.0202. The first kappa shape index (κ1) is 20.6. The Morgan fingerprint density at radius 1 is 1.30 bits per heavy atom. The van der Waals surface area contributed by atoms with E-state index in [1.807, 2.05) is 11.7 Å². The highest BCUT2D eigenvalue weighted by molar-refractivity contribution is 5.72. The molecule has 0 aromatic carbocycles. The molecule has 0 amide bonds. The van der Waals surface area contributed by atoms with Crippen LogP contribution in [0.5, 0.6) is 0 Å². The van der Waals surface area contributed by atoms with Crippen molar-refractivity contribution in [3.63, 3.8) is 0 Å². The molecule has 0 aliphatic heterocycles. The maximum absolute atomic E-state index is 13.4. The number of aryl methyl sites for hydroxylation is 1. The molecule has 2 aliphatic carbocycles. The lowest BCUT2D eigenvalue weighted by Gasteiger charge is -2.29. The predicted molar refractivity (Wildman–Crippen MR) is 103 cm³/mol. The average molecular weight is 420 g/mol. The fourth-order valence-electron chi connectivity index (χ4n) is 4.24. The molecule has 30 heavy (non-hydrogen) atoms. The second-order valence-electron chi connectivity index (χ2n) is 8.74. The fraction of sp³-hybridized carbons (Fsp3) is 0.524. The summed E-state index contributed by atoms with van der Waals surface area (Å²) in [5, 5.41) is 12.6. The maximum atomic E-state index is 13.4. The van der Waals surface area contributed by atoms with Crippen molar-refractivity contribution in [3.05, 3.63) is 34.9 Å². The number of hydrogen-bond donors (Lipinski definition) is 0. The molecule has 4 rings (SSSR count). The fourth-order valence-corrected chi connectivity index (χ4v) is 4.24. The molecule has 1 unspecified atom stereocenters. The van der Waals surface area contributed by atoms with Crippen LogP contribution >= 0.6 is 0 Å². The molecule has 0 bridgehead atoms. The summed E-state index contributed by atoms with van der Waals surface area (Å²) in [6.45, 7) is 4.43. The van der Waals surface area contributed by atoms with Crippen LogP contribution in [0.15, 0.2) is 22.1 Å². The van der Waals surface area contributed by atoms with Gasteiger partial charge in [-0.15, -0.1) is 10.2 Å². The zero-order valence-corrected chi connectivity index (χ0v) is 17.1. The van der Waals surface area contributed by atoms with Gasteiger partial charge >= 0.3 is 6.18 Å². The number of fused-ring (bicyclic) bond motifs is 1. The number of carbonyl (C=O) groups is 1. The van der Waals surface area contributed by atoms with Crippen LogP contribution < -0.4 is 0 Å². The maximum Gasteiger partial charge on any atom is 0.413 e. The third-order valence-electron chi connectivity index (χ3n) is 5.93. The lowest BCUT2D eigenvalue weighted by atomic mass is 9.76. The topological polar surface area (TPSA) is 73.8 Å². The molecule has 6 nitrogen and oxygen atoms in total. The first-order chi connectivity index (χ1) is 14.1. The molecule has 2 heterocycles. The van der Waals surface area contributed by atoms with Crippen molar-refractivity contribution in [2.24, 2.45) is 18.4 Å². The standard InChI is InChI=1S/C21H23F3N4O2/c1-20(2)8-6-14-16(11-20)28(3)27-17(14)19-26-25-18(30-19)13-5-4-12(7-9-29)15(10-13)21(22,23)24/h5,9-10,12H,4,6-8,11H2,1-3H3. The van der Waals surface area contributed by atoms with Crippen LogP contribution in [-0.4, -0.2) is 32.4 Å². The summed E-state index contributed by atoms with van der Waals surface area (Å²) in [7, 11) is 1.87. The Morgan fingerprint density at radius 3 is 2.73 bits per heavy atom. The molecule has 0 spiro atoms. The van der Waals surface area contributed by atoms with Gasteiger partial charge in [-0.05, 0) is 43.1 Å². The Labute approximate surface area is 171 Å². The van der Waals surface area contributed by atoms with Crippen LogP contribution in [0.2, 0.25) is 0 Å². The molecule has 9 heteroatoms. The number of aldehydes is 1. The van der Waals surface area contributed by atoms with E-state index in [0.29, 0.717) is 12.0 Å². The first-order valence-electron chi connectivity index (χ1n) is 9.90. The summed E-state index contributed by atoms with van der Waals surface area (Å²) < 4.78 is 47.9. The molecule has 0 N–H and O–H groups in total. The van der Waals surface area contributed by atoms with Gasteiger partial charge in [0.15, 0.2) is 5.69 Å². The molecule has 2 aliphatic rings. The molecular formula is C21H23F3N4O2. The Hall–Kier alpha value is -2.71. The SMILES string of the molecule is Cn1nc(-c2nnc(C3=CCC(CC=O)C(C(F)(F)F)=C3)o2)c2c1CC(C)(C)CC2. The lowest BCUT2D eigenvalue weighted by Crippen LogP contribution is -2.23. The number of carbonyl (C=O) groups excluding carboxylic acids is 1. The monoisotopic (exact) mass is 420 g/mol. The lowest BCUT2D eigenvalue weighted by molar-refractivity contribution is -0.111. The third-order valence-corrected chi connectivity index (χ3v) is 5.93. The van der Waals surface area contributed by atoms with E-state index < -0.39 is 17.7 Å². The summed E-state index contributed by atoms with van der Waals surface area (Å²) >= 11 is 0. The quantitative estimate of drug-likeness (QED) is 0.683. The van der Waals surface area contributed by atoms with Gasteiger partial charge in [-0.25, -0.2) is 0 Å². The van der Waals surface area contributed by atoms with Crippen molar-refractivity contribution in [1.82, 2.24) is 20.0 Å². The van der Waals surface area contributed by atoms with Gasteiger partial charge in [0.05, 0.1) is 0 Å². The minimum atomic E-state index is -4.52. The highest BCUT2D eigenvalue weighted by Crippen LogP contribution is 2.41. The van der Waals surface area contributed by atoms with Gasteiger partial charge < -0.3 is 9.21 Å². The Bertz CT molecular complexity index is 1040. The molecule has 0 fully saturated rings. The molecule has 2 aromatic heterocycles.